The molecule has 3 N–H and O–H groups in total. The number of piperidine rings is 1. The summed E-state index contributed by atoms with van der Waals surface area (Å²) in [7, 11) is 0. The molecule has 1 aromatic carbocycles. The Morgan fingerprint density at radius 3 is 2.56 bits per heavy atom. The lowest BCUT2D eigenvalue weighted by Crippen LogP contribution is -2.56. The van der Waals surface area contributed by atoms with Crippen LogP contribution in [-0.2, 0) is 6.42 Å². The minimum atomic E-state index is -0.848. The summed E-state index contributed by atoms with van der Waals surface area (Å²) in [6.07, 6.45) is -0.110. The normalized spacial score (nSPS) is 29.4. The quantitative estimate of drug-likeness (QED) is 0.706. The summed E-state index contributed by atoms with van der Waals surface area (Å²) in [5, 5.41) is 28.8. The van der Waals surface area contributed by atoms with Gasteiger partial charge in [-0.2, -0.15) is 0 Å². The molecule has 1 aliphatic heterocycles. The number of likely N-dealkylation sites (tertiary alicyclic amines) is 1. The Morgan fingerprint density at radius 2 is 1.89 bits per heavy atom. The molecule has 0 bridgehead atoms. The Morgan fingerprint density at radius 1 is 1.17 bits per heavy atom. The van der Waals surface area contributed by atoms with Gasteiger partial charge in [-0.25, -0.2) is 0 Å². The standard InChI is InChI=1S/C14H21NO3/c16-10-12-14(18)13(17)7-9-15(12)8-6-11-4-2-1-3-5-11/h1-5,12-14,16-18H,6-10H2. The van der Waals surface area contributed by atoms with Crippen molar-refractivity contribution in [3.05, 3.63) is 35.9 Å². The van der Waals surface area contributed by atoms with Crippen LogP contribution < -0.4 is 0 Å². The van der Waals surface area contributed by atoms with Gasteiger partial charge in [0, 0.05) is 13.1 Å². The maximum atomic E-state index is 9.85. The average Bonchev–Trinajstić information content (AvgIpc) is 2.41. The van der Waals surface area contributed by atoms with Crippen LogP contribution in [0.3, 0.4) is 0 Å². The first-order chi connectivity index (χ1) is 8.72. The van der Waals surface area contributed by atoms with Gasteiger partial charge in [0.05, 0.1) is 24.9 Å². The molecule has 1 heterocycles. The molecular formula is C14H21NO3. The fraction of sp³-hybridized carbons (Fsp3) is 0.571. The van der Waals surface area contributed by atoms with Crippen LogP contribution in [0.25, 0.3) is 0 Å². The predicted octanol–water partition coefficient (Wildman–Crippen LogP) is 0.0175. The molecule has 100 valence electrons. The Bertz CT molecular complexity index is 357. The Labute approximate surface area is 107 Å². The molecule has 3 unspecified atom stereocenters. The van der Waals surface area contributed by atoms with Crippen molar-refractivity contribution in [2.24, 2.45) is 0 Å². The molecular weight excluding hydrogens is 230 g/mol. The van der Waals surface area contributed by atoms with E-state index < -0.39 is 12.2 Å². The summed E-state index contributed by atoms with van der Waals surface area (Å²) >= 11 is 0. The molecule has 3 atom stereocenters. The van der Waals surface area contributed by atoms with Gasteiger partial charge in [-0.3, -0.25) is 4.90 Å². The average molecular weight is 251 g/mol. The van der Waals surface area contributed by atoms with Gasteiger partial charge in [0.2, 0.25) is 0 Å². The maximum Gasteiger partial charge on any atom is 0.0976 e. The van der Waals surface area contributed by atoms with Gasteiger partial charge >= 0.3 is 0 Å². The molecule has 0 aromatic heterocycles. The zero-order valence-corrected chi connectivity index (χ0v) is 10.4. The van der Waals surface area contributed by atoms with Crippen LogP contribution >= 0.6 is 0 Å². The first-order valence-corrected chi connectivity index (χ1v) is 6.47. The van der Waals surface area contributed by atoms with Crippen molar-refractivity contribution >= 4 is 0 Å². The molecule has 0 saturated carbocycles. The summed E-state index contributed by atoms with van der Waals surface area (Å²) in [6, 6.07) is 9.80. The molecule has 18 heavy (non-hydrogen) atoms. The van der Waals surface area contributed by atoms with Crippen LogP contribution in [0.15, 0.2) is 30.3 Å². The first kappa shape index (κ1) is 13.5. The number of hydrogen-bond acceptors (Lipinski definition) is 4. The van der Waals surface area contributed by atoms with Crippen molar-refractivity contribution in [2.45, 2.75) is 31.1 Å². The molecule has 1 aliphatic rings. The van der Waals surface area contributed by atoms with Gasteiger partial charge in [-0.1, -0.05) is 30.3 Å². The third-order valence-electron chi connectivity index (χ3n) is 3.69. The van der Waals surface area contributed by atoms with E-state index >= 15 is 0 Å². The van der Waals surface area contributed by atoms with Gasteiger partial charge in [0.15, 0.2) is 0 Å². The number of hydrogen-bond donors (Lipinski definition) is 3. The Hall–Kier alpha value is -0.940. The highest BCUT2D eigenvalue weighted by atomic mass is 16.3. The van der Waals surface area contributed by atoms with Gasteiger partial charge in [0.1, 0.15) is 0 Å². The highest BCUT2D eigenvalue weighted by molar-refractivity contribution is 5.15. The van der Waals surface area contributed by atoms with Crippen molar-refractivity contribution in [3.8, 4) is 0 Å². The maximum absolute atomic E-state index is 9.85. The van der Waals surface area contributed by atoms with E-state index in [1.165, 1.54) is 5.56 Å². The molecule has 1 fully saturated rings. The summed E-state index contributed by atoms with van der Waals surface area (Å²) in [6.45, 7) is 1.39. The largest absolute Gasteiger partial charge is 0.395 e. The van der Waals surface area contributed by atoms with Crippen LogP contribution in [0, 0.1) is 0 Å². The first-order valence-electron chi connectivity index (χ1n) is 6.47. The molecule has 0 amide bonds. The number of benzene rings is 1. The lowest BCUT2D eigenvalue weighted by Gasteiger charge is -2.40. The molecule has 2 rings (SSSR count). The second-order valence-corrected chi connectivity index (χ2v) is 4.87. The molecule has 0 spiro atoms. The highest BCUT2D eigenvalue weighted by Crippen LogP contribution is 2.18. The van der Waals surface area contributed by atoms with Gasteiger partial charge in [-0.15, -0.1) is 0 Å². The SMILES string of the molecule is OCC1C(O)C(O)CCN1CCc1ccccc1. The van der Waals surface area contributed by atoms with Gasteiger partial charge in [0.25, 0.3) is 0 Å². The Kier molecular flexibility index (Phi) is 4.72. The van der Waals surface area contributed by atoms with Crippen molar-refractivity contribution in [1.29, 1.82) is 0 Å². The number of aliphatic hydroxyl groups is 3. The summed E-state index contributed by atoms with van der Waals surface area (Å²) in [5.74, 6) is 0. The van der Waals surface area contributed by atoms with Crippen molar-refractivity contribution in [3.63, 3.8) is 0 Å². The molecule has 4 nitrogen and oxygen atoms in total. The topological polar surface area (TPSA) is 63.9 Å². The van der Waals surface area contributed by atoms with E-state index in [0.717, 1.165) is 19.5 Å². The minimum absolute atomic E-state index is 0.118. The molecule has 0 aliphatic carbocycles. The van der Waals surface area contributed by atoms with E-state index in [-0.39, 0.29) is 12.6 Å². The molecule has 1 aromatic rings. The van der Waals surface area contributed by atoms with Crippen LogP contribution in [0.1, 0.15) is 12.0 Å². The van der Waals surface area contributed by atoms with E-state index in [1.54, 1.807) is 0 Å². The highest BCUT2D eigenvalue weighted by Gasteiger charge is 2.35. The van der Waals surface area contributed by atoms with Gasteiger partial charge < -0.3 is 15.3 Å². The zero-order chi connectivity index (χ0) is 13.0. The van der Waals surface area contributed by atoms with Gasteiger partial charge in [-0.05, 0) is 18.4 Å². The lowest BCUT2D eigenvalue weighted by molar-refractivity contribution is -0.0890. The summed E-state index contributed by atoms with van der Waals surface area (Å²) in [4.78, 5) is 2.06. The summed E-state index contributed by atoms with van der Waals surface area (Å²) < 4.78 is 0. The second kappa shape index (κ2) is 6.29. The smallest absolute Gasteiger partial charge is 0.0976 e. The monoisotopic (exact) mass is 251 g/mol. The van der Waals surface area contributed by atoms with E-state index in [0.29, 0.717) is 6.42 Å². The van der Waals surface area contributed by atoms with E-state index in [2.05, 4.69) is 17.0 Å². The molecule has 0 radical (unpaired) electrons. The number of aliphatic hydroxyl groups excluding tert-OH is 3. The van der Waals surface area contributed by atoms with Crippen molar-refractivity contribution < 1.29 is 15.3 Å². The fourth-order valence-electron chi connectivity index (χ4n) is 2.53. The van der Waals surface area contributed by atoms with Crippen LogP contribution in [-0.4, -0.2) is 58.2 Å². The van der Waals surface area contributed by atoms with Crippen LogP contribution in [0.4, 0.5) is 0 Å². The summed E-state index contributed by atoms with van der Waals surface area (Å²) in [5.41, 5.74) is 1.25. The number of rotatable bonds is 4. The van der Waals surface area contributed by atoms with Crippen LogP contribution in [0.5, 0.6) is 0 Å². The Balaban J connectivity index is 1.92. The van der Waals surface area contributed by atoms with E-state index in [4.69, 9.17) is 0 Å². The molecule has 1 saturated heterocycles. The van der Waals surface area contributed by atoms with Crippen molar-refractivity contribution in [2.75, 3.05) is 19.7 Å². The fourth-order valence-corrected chi connectivity index (χ4v) is 2.53. The third kappa shape index (κ3) is 3.09. The minimum Gasteiger partial charge on any atom is -0.395 e. The predicted molar refractivity (Wildman–Crippen MR) is 69.2 cm³/mol. The third-order valence-corrected chi connectivity index (χ3v) is 3.69. The van der Waals surface area contributed by atoms with Crippen molar-refractivity contribution in [1.82, 2.24) is 4.90 Å². The van der Waals surface area contributed by atoms with E-state index in [1.807, 2.05) is 18.2 Å². The zero-order valence-electron chi connectivity index (χ0n) is 10.4. The van der Waals surface area contributed by atoms with E-state index in [9.17, 15) is 15.3 Å². The second-order valence-electron chi connectivity index (χ2n) is 4.87. The lowest BCUT2D eigenvalue weighted by atomic mass is 9.96. The number of nitrogens with zero attached hydrogens (tertiary/aromatic N) is 1. The van der Waals surface area contributed by atoms with Crippen LogP contribution in [0.2, 0.25) is 0 Å². The molecule has 4 heteroatoms.